The van der Waals surface area contributed by atoms with Gasteiger partial charge in [0.2, 0.25) is 0 Å². The number of carbonyl (C=O) groups is 1. The molecule has 0 spiro atoms. The normalized spacial score (nSPS) is 13.6. The smallest absolute Gasteiger partial charge is 0.262 e. The molecular weight excluding hydrogens is 384 g/mol. The first kappa shape index (κ1) is 20.0. The summed E-state index contributed by atoms with van der Waals surface area (Å²) in [5.41, 5.74) is 3.91. The summed E-state index contributed by atoms with van der Waals surface area (Å²) < 4.78 is 6.79. The van der Waals surface area contributed by atoms with Crippen molar-refractivity contribution in [2.45, 2.75) is 52.5 Å². The number of ether oxygens (including phenoxy) is 1. The Balaban J connectivity index is 1.80. The van der Waals surface area contributed by atoms with Gasteiger partial charge in [0.25, 0.3) is 5.56 Å². The first-order valence-electron chi connectivity index (χ1n) is 10.1. The summed E-state index contributed by atoms with van der Waals surface area (Å²) in [6, 6.07) is 5.69. The van der Waals surface area contributed by atoms with E-state index in [0.29, 0.717) is 24.4 Å². The second-order valence-electron chi connectivity index (χ2n) is 7.78. The van der Waals surface area contributed by atoms with Gasteiger partial charge in [-0.25, -0.2) is 4.98 Å². The molecule has 0 saturated heterocycles. The number of methoxy groups -OCH3 is 1. The monoisotopic (exact) mass is 410 g/mol. The van der Waals surface area contributed by atoms with Gasteiger partial charge in [-0.1, -0.05) is 12.1 Å². The fourth-order valence-corrected chi connectivity index (χ4v) is 5.25. The number of nitrogens with zero attached hydrogens (tertiary/aromatic N) is 2. The van der Waals surface area contributed by atoms with Crippen LogP contribution >= 0.6 is 11.3 Å². The Morgan fingerprint density at radius 3 is 2.76 bits per heavy atom. The van der Waals surface area contributed by atoms with Crippen molar-refractivity contribution in [1.82, 2.24) is 9.55 Å². The number of hydrogen-bond donors (Lipinski definition) is 0. The Morgan fingerprint density at radius 2 is 2.00 bits per heavy atom. The summed E-state index contributed by atoms with van der Waals surface area (Å²) >= 11 is 1.64. The van der Waals surface area contributed by atoms with E-state index in [0.717, 1.165) is 52.6 Å². The lowest BCUT2D eigenvalue weighted by molar-refractivity contribution is 0.0968. The SMILES string of the molecule is COCCc1nc2sc3c(c2c(=O)n1CC(=O)c1ccc(C)c(C)c1)CCCC3. The molecule has 152 valence electrons. The lowest BCUT2D eigenvalue weighted by atomic mass is 9.97. The van der Waals surface area contributed by atoms with Crippen molar-refractivity contribution in [3.8, 4) is 0 Å². The number of hydrogen-bond acceptors (Lipinski definition) is 5. The Hall–Kier alpha value is -2.31. The van der Waals surface area contributed by atoms with Crippen LogP contribution < -0.4 is 5.56 Å². The highest BCUT2D eigenvalue weighted by molar-refractivity contribution is 7.18. The van der Waals surface area contributed by atoms with Crippen molar-refractivity contribution >= 4 is 27.3 Å². The van der Waals surface area contributed by atoms with E-state index >= 15 is 0 Å². The van der Waals surface area contributed by atoms with Crippen molar-refractivity contribution in [3.63, 3.8) is 0 Å². The minimum Gasteiger partial charge on any atom is -0.384 e. The summed E-state index contributed by atoms with van der Waals surface area (Å²) in [4.78, 5) is 33.4. The Kier molecular flexibility index (Phi) is 5.65. The quantitative estimate of drug-likeness (QED) is 0.576. The van der Waals surface area contributed by atoms with Crippen LogP contribution in [-0.4, -0.2) is 29.1 Å². The molecule has 0 amide bonds. The second-order valence-corrected chi connectivity index (χ2v) is 8.86. The van der Waals surface area contributed by atoms with E-state index in [1.165, 1.54) is 4.88 Å². The number of ketones is 1. The van der Waals surface area contributed by atoms with Gasteiger partial charge in [-0.3, -0.25) is 14.2 Å². The van der Waals surface area contributed by atoms with Crippen LogP contribution in [-0.2, 0) is 30.5 Å². The highest BCUT2D eigenvalue weighted by atomic mass is 32.1. The molecule has 29 heavy (non-hydrogen) atoms. The zero-order valence-electron chi connectivity index (χ0n) is 17.2. The van der Waals surface area contributed by atoms with Gasteiger partial charge < -0.3 is 4.74 Å². The Bertz CT molecular complexity index is 1140. The van der Waals surface area contributed by atoms with Gasteiger partial charge in [-0.15, -0.1) is 11.3 Å². The standard InChI is InChI=1S/C23H26N2O3S/c1-14-8-9-16(12-15(14)2)18(26)13-25-20(10-11-28-3)24-22-21(23(25)27)17-6-4-5-7-19(17)29-22/h8-9,12H,4-7,10-11,13H2,1-3H3. The third-order valence-electron chi connectivity index (χ3n) is 5.81. The Morgan fingerprint density at radius 1 is 1.21 bits per heavy atom. The highest BCUT2D eigenvalue weighted by Crippen LogP contribution is 2.33. The number of carbonyl (C=O) groups excluding carboxylic acids is 1. The van der Waals surface area contributed by atoms with E-state index in [1.54, 1.807) is 23.0 Å². The maximum atomic E-state index is 13.5. The number of thiophene rings is 1. The van der Waals surface area contributed by atoms with Crippen LogP contribution in [0.15, 0.2) is 23.0 Å². The molecular formula is C23H26N2O3S. The molecule has 0 N–H and O–H groups in total. The van der Waals surface area contributed by atoms with E-state index in [4.69, 9.17) is 9.72 Å². The summed E-state index contributed by atoms with van der Waals surface area (Å²) in [6.07, 6.45) is 4.71. The molecule has 0 saturated carbocycles. The van der Waals surface area contributed by atoms with E-state index in [9.17, 15) is 9.59 Å². The van der Waals surface area contributed by atoms with Crippen molar-refractivity contribution in [2.75, 3.05) is 13.7 Å². The molecule has 2 heterocycles. The van der Waals surface area contributed by atoms with Crippen LogP contribution in [0.2, 0.25) is 0 Å². The van der Waals surface area contributed by atoms with Gasteiger partial charge in [0.15, 0.2) is 5.78 Å². The number of benzene rings is 1. The number of fused-ring (bicyclic) bond motifs is 3. The molecule has 3 aromatic rings. The van der Waals surface area contributed by atoms with Crippen LogP contribution in [0.25, 0.3) is 10.2 Å². The van der Waals surface area contributed by atoms with E-state index < -0.39 is 0 Å². The van der Waals surface area contributed by atoms with Gasteiger partial charge in [0.05, 0.1) is 18.5 Å². The summed E-state index contributed by atoms with van der Waals surface area (Å²) in [5.74, 6) is 0.555. The van der Waals surface area contributed by atoms with Crippen LogP contribution in [0.3, 0.4) is 0 Å². The molecule has 0 fully saturated rings. The number of rotatable bonds is 6. The number of Topliss-reactive ketones (excluding diaryl/α,β-unsaturated/α-hetero) is 1. The summed E-state index contributed by atoms with van der Waals surface area (Å²) in [6.45, 7) is 4.48. The zero-order valence-corrected chi connectivity index (χ0v) is 18.0. The van der Waals surface area contributed by atoms with Crippen LogP contribution in [0.4, 0.5) is 0 Å². The van der Waals surface area contributed by atoms with Gasteiger partial charge in [-0.05, 0) is 62.3 Å². The molecule has 0 aliphatic heterocycles. The average Bonchev–Trinajstić information content (AvgIpc) is 3.09. The highest BCUT2D eigenvalue weighted by Gasteiger charge is 2.23. The molecule has 1 aliphatic rings. The number of aromatic nitrogens is 2. The lowest BCUT2D eigenvalue weighted by Gasteiger charge is -2.14. The topological polar surface area (TPSA) is 61.2 Å². The fourth-order valence-electron chi connectivity index (χ4n) is 3.98. The van der Waals surface area contributed by atoms with Crippen molar-refractivity contribution in [1.29, 1.82) is 0 Å². The molecule has 0 bridgehead atoms. The molecule has 5 nitrogen and oxygen atoms in total. The van der Waals surface area contributed by atoms with Gasteiger partial charge in [0.1, 0.15) is 10.7 Å². The third-order valence-corrected chi connectivity index (χ3v) is 7.00. The predicted octanol–water partition coefficient (Wildman–Crippen LogP) is 4.03. The maximum absolute atomic E-state index is 13.5. The van der Waals surface area contributed by atoms with E-state index in [1.807, 2.05) is 32.0 Å². The van der Waals surface area contributed by atoms with Gasteiger partial charge in [0, 0.05) is 24.0 Å². The first-order valence-corrected chi connectivity index (χ1v) is 10.9. The van der Waals surface area contributed by atoms with Crippen molar-refractivity contribution in [2.24, 2.45) is 0 Å². The van der Waals surface area contributed by atoms with Crippen LogP contribution in [0, 0.1) is 13.8 Å². The maximum Gasteiger partial charge on any atom is 0.262 e. The average molecular weight is 411 g/mol. The largest absolute Gasteiger partial charge is 0.384 e. The van der Waals surface area contributed by atoms with Crippen molar-refractivity contribution < 1.29 is 9.53 Å². The van der Waals surface area contributed by atoms with E-state index in [2.05, 4.69) is 0 Å². The van der Waals surface area contributed by atoms with Crippen LogP contribution in [0.5, 0.6) is 0 Å². The zero-order chi connectivity index (χ0) is 20.5. The van der Waals surface area contributed by atoms with Gasteiger partial charge >= 0.3 is 0 Å². The molecule has 1 aliphatic carbocycles. The second kappa shape index (κ2) is 8.20. The van der Waals surface area contributed by atoms with Gasteiger partial charge in [-0.2, -0.15) is 0 Å². The predicted molar refractivity (Wildman–Crippen MR) is 116 cm³/mol. The first-order chi connectivity index (χ1) is 14.0. The molecule has 4 rings (SSSR count). The molecule has 0 radical (unpaired) electrons. The fraction of sp³-hybridized carbons (Fsp3) is 0.435. The molecule has 0 unspecified atom stereocenters. The third kappa shape index (κ3) is 3.79. The summed E-state index contributed by atoms with van der Waals surface area (Å²) in [7, 11) is 1.63. The number of aryl methyl sites for hydroxylation is 4. The minimum absolute atomic E-state index is 0.00788. The van der Waals surface area contributed by atoms with Crippen molar-refractivity contribution in [3.05, 3.63) is 61.5 Å². The molecule has 1 aromatic carbocycles. The Labute approximate surface area is 174 Å². The minimum atomic E-state index is -0.0855. The summed E-state index contributed by atoms with van der Waals surface area (Å²) in [5, 5.41) is 0.721. The molecule has 2 aromatic heterocycles. The van der Waals surface area contributed by atoms with E-state index in [-0.39, 0.29) is 17.9 Å². The van der Waals surface area contributed by atoms with Crippen LogP contribution in [0.1, 0.15) is 50.6 Å². The molecule has 0 atom stereocenters. The molecule has 6 heteroatoms. The lowest BCUT2D eigenvalue weighted by Crippen LogP contribution is -2.29.